The summed E-state index contributed by atoms with van der Waals surface area (Å²) in [5.74, 6) is 1.64. The predicted molar refractivity (Wildman–Crippen MR) is 120 cm³/mol. The molecule has 3 aromatic rings. The zero-order chi connectivity index (χ0) is 20.9. The first-order valence-corrected chi connectivity index (χ1v) is 11.5. The lowest BCUT2D eigenvalue weighted by molar-refractivity contribution is -0.119. The number of carbonyl (C=O) groups is 1. The first-order valence-electron chi connectivity index (χ1n) is 10.5. The molecule has 0 aliphatic heterocycles. The number of para-hydroxylation sites is 1. The van der Waals surface area contributed by atoms with E-state index >= 15 is 0 Å². The number of aromatic nitrogens is 4. The van der Waals surface area contributed by atoms with Crippen molar-refractivity contribution in [3.05, 3.63) is 54.4 Å². The van der Waals surface area contributed by atoms with Crippen LogP contribution in [-0.4, -0.2) is 37.5 Å². The second-order valence-electron chi connectivity index (χ2n) is 7.89. The Morgan fingerprint density at radius 1 is 1.17 bits per heavy atom. The monoisotopic (exact) mass is 421 g/mol. The van der Waals surface area contributed by atoms with Crippen LogP contribution in [0.25, 0.3) is 17.1 Å². The van der Waals surface area contributed by atoms with Crippen molar-refractivity contribution in [3.63, 3.8) is 0 Å². The van der Waals surface area contributed by atoms with Crippen LogP contribution < -0.4 is 5.32 Å². The van der Waals surface area contributed by atoms with Crippen molar-refractivity contribution < 1.29 is 4.79 Å². The van der Waals surface area contributed by atoms with Gasteiger partial charge in [0, 0.05) is 24.0 Å². The minimum Gasteiger partial charge on any atom is -0.352 e. The fraction of sp³-hybridized carbons (Fsp3) is 0.391. The third-order valence-electron chi connectivity index (χ3n) is 5.70. The van der Waals surface area contributed by atoms with E-state index in [2.05, 4.69) is 40.4 Å². The number of rotatable bonds is 6. The van der Waals surface area contributed by atoms with Gasteiger partial charge in [-0.2, -0.15) is 0 Å². The van der Waals surface area contributed by atoms with Gasteiger partial charge in [-0.05, 0) is 49.4 Å². The average molecular weight is 422 g/mol. The molecule has 0 radical (unpaired) electrons. The molecule has 30 heavy (non-hydrogen) atoms. The molecule has 156 valence electrons. The van der Waals surface area contributed by atoms with Crippen LogP contribution in [0.1, 0.15) is 38.2 Å². The van der Waals surface area contributed by atoms with Gasteiger partial charge >= 0.3 is 0 Å². The Morgan fingerprint density at radius 3 is 2.77 bits per heavy atom. The van der Waals surface area contributed by atoms with Gasteiger partial charge in [-0.25, -0.2) is 0 Å². The summed E-state index contributed by atoms with van der Waals surface area (Å²) in [5, 5.41) is 12.8. The second kappa shape index (κ2) is 9.43. The molecule has 2 aromatic heterocycles. The van der Waals surface area contributed by atoms with Gasteiger partial charge in [-0.15, -0.1) is 10.2 Å². The number of hydrogen-bond donors (Lipinski definition) is 1. The number of pyridine rings is 1. The molecule has 4 rings (SSSR count). The number of thioether (sulfide) groups is 1. The number of nitrogens with zero attached hydrogens (tertiary/aromatic N) is 4. The molecule has 0 unspecified atom stereocenters. The highest BCUT2D eigenvalue weighted by atomic mass is 32.2. The Bertz CT molecular complexity index is 1000. The third kappa shape index (κ3) is 4.56. The molecule has 7 heteroatoms. The second-order valence-corrected chi connectivity index (χ2v) is 8.84. The van der Waals surface area contributed by atoms with E-state index < -0.39 is 0 Å². The Hall–Kier alpha value is -2.67. The summed E-state index contributed by atoms with van der Waals surface area (Å²) in [6, 6.07) is 12.3. The van der Waals surface area contributed by atoms with Gasteiger partial charge in [-0.1, -0.05) is 49.7 Å². The topological polar surface area (TPSA) is 72.7 Å². The van der Waals surface area contributed by atoms with Crippen LogP contribution in [0.2, 0.25) is 0 Å². The number of amides is 1. The molecule has 1 saturated carbocycles. The van der Waals surface area contributed by atoms with Crippen LogP contribution in [0.3, 0.4) is 0 Å². The Balaban J connectivity index is 1.57. The standard InChI is InChI=1S/C23H27N5OS/c1-16-8-3-5-11-19(16)25-21(29)15-30-23-27-26-22(18-10-7-13-24-14-18)28(23)20-12-6-4-9-17(20)2/h4,6-7,9-10,12-14,16,19H,3,5,8,11,15H2,1-2H3,(H,25,29)/t16-,19-/m0/s1. The zero-order valence-electron chi connectivity index (χ0n) is 17.4. The van der Waals surface area contributed by atoms with Crippen molar-refractivity contribution in [3.8, 4) is 17.1 Å². The first-order chi connectivity index (χ1) is 14.6. The van der Waals surface area contributed by atoms with Crippen molar-refractivity contribution in [2.75, 3.05) is 5.75 Å². The Kier molecular flexibility index (Phi) is 6.47. The van der Waals surface area contributed by atoms with E-state index in [0.29, 0.717) is 16.8 Å². The van der Waals surface area contributed by atoms with Gasteiger partial charge in [-0.3, -0.25) is 14.3 Å². The number of carbonyl (C=O) groups excluding carboxylic acids is 1. The van der Waals surface area contributed by atoms with Crippen molar-refractivity contribution in [1.29, 1.82) is 0 Å². The van der Waals surface area contributed by atoms with E-state index in [1.54, 1.807) is 12.4 Å². The molecule has 2 atom stereocenters. The van der Waals surface area contributed by atoms with Crippen LogP contribution in [0.4, 0.5) is 0 Å². The molecular formula is C23H27N5OS. The smallest absolute Gasteiger partial charge is 0.230 e. The van der Waals surface area contributed by atoms with E-state index in [0.717, 1.165) is 29.1 Å². The summed E-state index contributed by atoms with van der Waals surface area (Å²) in [4.78, 5) is 16.8. The highest BCUT2D eigenvalue weighted by molar-refractivity contribution is 7.99. The maximum Gasteiger partial charge on any atom is 0.230 e. The maximum atomic E-state index is 12.6. The summed E-state index contributed by atoms with van der Waals surface area (Å²) in [6.45, 7) is 4.29. The van der Waals surface area contributed by atoms with Crippen LogP contribution in [0.15, 0.2) is 53.9 Å². The summed E-state index contributed by atoms with van der Waals surface area (Å²) < 4.78 is 2.02. The lowest BCUT2D eigenvalue weighted by Crippen LogP contribution is -2.41. The fourth-order valence-corrected chi connectivity index (χ4v) is 4.74. The molecule has 6 nitrogen and oxygen atoms in total. The highest BCUT2D eigenvalue weighted by Gasteiger charge is 2.24. The molecule has 1 aliphatic rings. The van der Waals surface area contributed by atoms with Gasteiger partial charge in [0.15, 0.2) is 11.0 Å². The Morgan fingerprint density at radius 2 is 2.00 bits per heavy atom. The van der Waals surface area contributed by atoms with Crippen molar-refractivity contribution in [1.82, 2.24) is 25.1 Å². The summed E-state index contributed by atoms with van der Waals surface area (Å²) in [6.07, 6.45) is 8.24. The number of hydrogen-bond acceptors (Lipinski definition) is 5. The van der Waals surface area contributed by atoms with E-state index in [4.69, 9.17) is 0 Å². The summed E-state index contributed by atoms with van der Waals surface area (Å²) in [7, 11) is 0. The van der Waals surface area contributed by atoms with Gasteiger partial charge in [0.05, 0.1) is 11.4 Å². The van der Waals surface area contributed by atoms with E-state index in [1.165, 1.54) is 31.0 Å². The van der Waals surface area contributed by atoms with Gasteiger partial charge < -0.3 is 5.32 Å². The van der Waals surface area contributed by atoms with Crippen molar-refractivity contribution >= 4 is 17.7 Å². The molecule has 0 bridgehead atoms. The molecule has 2 heterocycles. The largest absolute Gasteiger partial charge is 0.352 e. The molecule has 1 aromatic carbocycles. The van der Waals surface area contributed by atoms with Crippen molar-refractivity contribution in [2.24, 2.45) is 5.92 Å². The van der Waals surface area contributed by atoms with Gasteiger partial charge in [0.25, 0.3) is 0 Å². The predicted octanol–water partition coefficient (Wildman–Crippen LogP) is 4.42. The SMILES string of the molecule is Cc1ccccc1-n1c(SCC(=O)N[C@H]2CCCC[C@@H]2C)nnc1-c1cccnc1. The normalized spacial score (nSPS) is 18.9. The summed E-state index contributed by atoms with van der Waals surface area (Å²) >= 11 is 1.42. The molecule has 1 amide bonds. The van der Waals surface area contributed by atoms with Gasteiger partial charge in [0.2, 0.25) is 5.91 Å². The van der Waals surface area contributed by atoms with Gasteiger partial charge in [0.1, 0.15) is 0 Å². The van der Waals surface area contributed by atoms with E-state index in [9.17, 15) is 4.79 Å². The highest BCUT2D eigenvalue weighted by Crippen LogP contribution is 2.29. The minimum absolute atomic E-state index is 0.0565. The van der Waals surface area contributed by atoms with Crippen LogP contribution in [0, 0.1) is 12.8 Å². The molecule has 1 fully saturated rings. The Labute approximate surface area is 181 Å². The van der Waals surface area contributed by atoms with Crippen LogP contribution in [0.5, 0.6) is 0 Å². The lowest BCUT2D eigenvalue weighted by atomic mass is 9.86. The van der Waals surface area contributed by atoms with Crippen LogP contribution >= 0.6 is 11.8 Å². The molecule has 0 spiro atoms. The fourth-order valence-electron chi connectivity index (χ4n) is 3.99. The van der Waals surface area contributed by atoms with Crippen LogP contribution in [-0.2, 0) is 4.79 Å². The molecular weight excluding hydrogens is 394 g/mol. The lowest BCUT2D eigenvalue weighted by Gasteiger charge is -2.29. The molecule has 1 aliphatic carbocycles. The van der Waals surface area contributed by atoms with E-state index in [-0.39, 0.29) is 11.9 Å². The number of benzene rings is 1. The number of nitrogens with one attached hydrogen (secondary N) is 1. The first kappa shape index (κ1) is 20.6. The quantitative estimate of drug-likeness (QED) is 0.596. The summed E-state index contributed by atoms with van der Waals surface area (Å²) in [5.41, 5.74) is 3.01. The molecule has 0 saturated heterocycles. The molecule has 1 N–H and O–H groups in total. The maximum absolute atomic E-state index is 12.6. The minimum atomic E-state index is 0.0565. The number of aryl methyl sites for hydroxylation is 1. The zero-order valence-corrected chi connectivity index (χ0v) is 18.2. The third-order valence-corrected chi connectivity index (χ3v) is 6.63. The van der Waals surface area contributed by atoms with E-state index in [1.807, 2.05) is 34.9 Å². The average Bonchev–Trinajstić information content (AvgIpc) is 3.18. The van der Waals surface area contributed by atoms with Crippen molar-refractivity contribution in [2.45, 2.75) is 50.7 Å².